The first-order valence-corrected chi connectivity index (χ1v) is 16.0. The lowest BCUT2D eigenvalue weighted by Crippen LogP contribution is -2.45. The molecule has 43 heavy (non-hydrogen) atoms. The minimum absolute atomic E-state index is 0.0213. The Morgan fingerprint density at radius 3 is 2.26 bits per heavy atom. The van der Waals surface area contributed by atoms with Crippen LogP contribution in [0, 0.1) is 5.92 Å². The molecule has 0 unspecified atom stereocenters. The number of aliphatic hydroxyl groups excluding tert-OH is 1. The van der Waals surface area contributed by atoms with Gasteiger partial charge in [0.1, 0.15) is 0 Å². The van der Waals surface area contributed by atoms with Gasteiger partial charge in [-0.15, -0.1) is 0 Å². The van der Waals surface area contributed by atoms with Gasteiger partial charge in [-0.25, -0.2) is 4.79 Å². The maximum atomic E-state index is 11.9. The second-order valence-electron chi connectivity index (χ2n) is 11.9. The zero-order valence-corrected chi connectivity index (χ0v) is 25.6. The second-order valence-corrected chi connectivity index (χ2v) is 11.9. The lowest BCUT2D eigenvalue weighted by molar-refractivity contribution is -0.276. The molecule has 0 saturated carbocycles. The van der Waals surface area contributed by atoms with Gasteiger partial charge in [0.25, 0.3) is 0 Å². The Kier molecular flexibility index (Phi) is 11.2. The maximum absolute atomic E-state index is 11.9. The summed E-state index contributed by atoms with van der Waals surface area (Å²) in [6, 6.07) is 24.6. The number of carbonyl (C=O) groups excluding carboxylic acids is 1. The van der Waals surface area contributed by atoms with Gasteiger partial charge in [0.05, 0.1) is 18.8 Å². The number of ether oxygens (including phenoxy) is 2. The monoisotopic (exact) mass is 585 g/mol. The van der Waals surface area contributed by atoms with Crippen molar-refractivity contribution in [2.45, 2.75) is 77.6 Å². The number of carbonyl (C=O) groups is 1. The molecule has 0 radical (unpaired) electrons. The van der Waals surface area contributed by atoms with Crippen LogP contribution in [0.4, 0.5) is 4.79 Å². The Bertz CT molecular complexity index is 1310. The van der Waals surface area contributed by atoms with E-state index in [1.807, 2.05) is 31.2 Å². The van der Waals surface area contributed by atoms with Crippen LogP contribution in [-0.2, 0) is 22.6 Å². The van der Waals surface area contributed by atoms with Crippen LogP contribution < -0.4 is 10.6 Å². The maximum Gasteiger partial charge on any atom is 0.315 e. The van der Waals surface area contributed by atoms with E-state index in [9.17, 15) is 9.90 Å². The Morgan fingerprint density at radius 1 is 0.837 bits per heavy atom. The molecule has 230 valence electrons. The van der Waals surface area contributed by atoms with Gasteiger partial charge in [-0.3, -0.25) is 0 Å². The summed E-state index contributed by atoms with van der Waals surface area (Å²) < 4.78 is 13.6. The molecule has 2 saturated heterocycles. The number of nitrogens with one attached hydrogen (secondary N) is 2. The number of urea groups is 1. The first kappa shape index (κ1) is 31.2. The molecule has 7 nitrogen and oxygen atoms in total. The van der Waals surface area contributed by atoms with Crippen LogP contribution in [0.2, 0.25) is 0 Å². The van der Waals surface area contributed by atoms with Gasteiger partial charge in [-0.05, 0) is 72.8 Å². The first-order valence-electron chi connectivity index (χ1n) is 16.0. The number of benzene rings is 3. The molecule has 4 atom stereocenters. The van der Waals surface area contributed by atoms with Crippen LogP contribution in [0.1, 0.15) is 80.6 Å². The molecular formula is C36H47N3O4. The summed E-state index contributed by atoms with van der Waals surface area (Å²) in [5.74, 6) is 0.166. The number of nitrogens with zero attached hydrogens (tertiary/aromatic N) is 1. The van der Waals surface area contributed by atoms with E-state index in [0.29, 0.717) is 13.1 Å². The molecule has 2 amide bonds. The molecule has 0 bridgehead atoms. The molecule has 2 aliphatic heterocycles. The molecule has 2 aliphatic rings. The van der Waals surface area contributed by atoms with E-state index in [0.717, 1.165) is 53.0 Å². The highest BCUT2D eigenvalue weighted by atomic mass is 16.7. The Hall–Kier alpha value is -3.23. The van der Waals surface area contributed by atoms with Crippen molar-refractivity contribution in [3.05, 3.63) is 95.1 Å². The summed E-state index contributed by atoms with van der Waals surface area (Å²) in [7, 11) is 0. The molecule has 0 aliphatic carbocycles. The third-order valence-electron chi connectivity index (χ3n) is 8.72. The highest BCUT2D eigenvalue weighted by molar-refractivity contribution is 5.74. The smallest absolute Gasteiger partial charge is 0.315 e. The summed E-state index contributed by atoms with van der Waals surface area (Å²) in [5, 5.41) is 15.3. The standard InChI is InChI=1S/C36H47N3O4/c1-3-37-36(41)38-23-28-11-9-12-30(21-28)31-13-10-14-32(22-31)35-42-33(24-39-19-7-5-4-6-8-20-39)26(2)34(43-35)29-17-15-27(25-40)16-18-29/h9-18,21-22,26,33-35,40H,3-8,19-20,23-25H2,1-2H3,(H2,37,38,41)/t26-,33+,34+,35+/m0/s1. The van der Waals surface area contributed by atoms with Crippen LogP contribution in [-0.4, -0.2) is 48.3 Å². The van der Waals surface area contributed by atoms with Crippen LogP contribution >= 0.6 is 0 Å². The lowest BCUT2D eigenvalue weighted by Gasteiger charge is -2.43. The summed E-state index contributed by atoms with van der Waals surface area (Å²) in [5.41, 5.74) is 6.19. The Balaban J connectivity index is 1.38. The van der Waals surface area contributed by atoms with Gasteiger partial charge in [0.2, 0.25) is 0 Å². The number of aliphatic hydroxyl groups is 1. The topological polar surface area (TPSA) is 83.1 Å². The fraction of sp³-hybridized carbons (Fsp3) is 0.472. The number of hydrogen-bond acceptors (Lipinski definition) is 5. The molecule has 3 N–H and O–H groups in total. The van der Waals surface area contributed by atoms with Gasteiger partial charge < -0.3 is 30.1 Å². The van der Waals surface area contributed by atoms with E-state index >= 15 is 0 Å². The van der Waals surface area contributed by atoms with Crippen molar-refractivity contribution in [1.82, 2.24) is 15.5 Å². The van der Waals surface area contributed by atoms with Crippen LogP contribution in [0.25, 0.3) is 11.1 Å². The van der Waals surface area contributed by atoms with Crippen molar-refractivity contribution in [3.8, 4) is 11.1 Å². The van der Waals surface area contributed by atoms with Crippen molar-refractivity contribution in [2.24, 2.45) is 5.92 Å². The zero-order chi connectivity index (χ0) is 30.0. The van der Waals surface area contributed by atoms with Gasteiger partial charge in [-0.1, -0.05) is 86.8 Å². The van der Waals surface area contributed by atoms with Gasteiger partial charge in [0.15, 0.2) is 6.29 Å². The highest BCUT2D eigenvalue weighted by Gasteiger charge is 2.39. The fourth-order valence-corrected chi connectivity index (χ4v) is 6.21. The molecule has 0 aromatic heterocycles. The van der Waals surface area contributed by atoms with Crippen molar-refractivity contribution in [2.75, 3.05) is 26.2 Å². The van der Waals surface area contributed by atoms with E-state index in [2.05, 4.69) is 71.0 Å². The quantitative estimate of drug-likeness (QED) is 0.260. The first-order chi connectivity index (χ1) is 21.0. The number of amides is 2. The molecule has 5 rings (SSSR count). The zero-order valence-electron chi connectivity index (χ0n) is 25.6. The summed E-state index contributed by atoms with van der Waals surface area (Å²) in [6.45, 7) is 8.36. The molecule has 3 aromatic rings. The third kappa shape index (κ3) is 8.45. The van der Waals surface area contributed by atoms with Gasteiger partial charge in [-0.2, -0.15) is 0 Å². The molecule has 7 heteroatoms. The Morgan fingerprint density at radius 2 is 1.53 bits per heavy atom. The Labute approximate surface area is 256 Å². The largest absolute Gasteiger partial charge is 0.392 e. The van der Waals surface area contributed by atoms with Crippen LogP contribution in [0.5, 0.6) is 0 Å². The molecule has 2 heterocycles. The van der Waals surface area contributed by atoms with E-state index in [1.54, 1.807) is 0 Å². The van der Waals surface area contributed by atoms with E-state index in [-0.39, 0.29) is 30.8 Å². The predicted octanol–water partition coefficient (Wildman–Crippen LogP) is 6.72. The van der Waals surface area contributed by atoms with E-state index in [4.69, 9.17) is 9.47 Å². The molecular weight excluding hydrogens is 538 g/mol. The van der Waals surface area contributed by atoms with Crippen molar-refractivity contribution in [3.63, 3.8) is 0 Å². The molecule has 2 fully saturated rings. The van der Waals surface area contributed by atoms with E-state index in [1.165, 1.54) is 32.1 Å². The number of likely N-dealkylation sites (tertiary alicyclic amines) is 1. The van der Waals surface area contributed by atoms with Crippen molar-refractivity contribution >= 4 is 6.03 Å². The average molecular weight is 586 g/mol. The van der Waals surface area contributed by atoms with Crippen molar-refractivity contribution < 1.29 is 19.4 Å². The minimum Gasteiger partial charge on any atom is -0.392 e. The SMILES string of the molecule is CCNC(=O)NCc1cccc(-c2cccc([C@@H]3O[C@H](CN4CCCCCCC4)[C@H](C)[C@H](c4ccc(CO)cc4)O3)c2)c1. The highest BCUT2D eigenvalue weighted by Crippen LogP contribution is 2.42. The number of hydrogen-bond donors (Lipinski definition) is 3. The van der Waals surface area contributed by atoms with Gasteiger partial charge in [0, 0.05) is 31.1 Å². The van der Waals surface area contributed by atoms with Gasteiger partial charge >= 0.3 is 6.03 Å². The molecule has 0 spiro atoms. The summed E-state index contributed by atoms with van der Waals surface area (Å²) in [6.07, 6.45) is 5.83. The number of rotatable bonds is 9. The lowest BCUT2D eigenvalue weighted by atomic mass is 9.89. The van der Waals surface area contributed by atoms with Crippen LogP contribution in [0.3, 0.4) is 0 Å². The van der Waals surface area contributed by atoms with Crippen molar-refractivity contribution in [1.29, 1.82) is 0 Å². The predicted molar refractivity (Wildman–Crippen MR) is 170 cm³/mol. The summed E-state index contributed by atoms with van der Waals surface area (Å²) in [4.78, 5) is 14.5. The summed E-state index contributed by atoms with van der Waals surface area (Å²) >= 11 is 0. The third-order valence-corrected chi connectivity index (χ3v) is 8.72. The average Bonchev–Trinajstić information content (AvgIpc) is 3.02. The second kappa shape index (κ2) is 15.5. The normalized spacial score (nSPS) is 23.2. The van der Waals surface area contributed by atoms with Crippen LogP contribution in [0.15, 0.2) is 72.8 Å². The van der Waals surface area contributed by atoms with E-state index < -0.39 is 6.29 Å². The molecule has 3 aromatic carbocycles. The minimum atomic E-state index is -0.499. The fourth-order valence-electron chi connectivity index (χ4n) is 6.21.